The van der Waals surface area contributed by atoms with Crippen LogP contribution in [0, 0.1) is 0 Å². The Bertz CT molecular complexity index is 377. The third kappa shape index (κ3) is 2.20. The van der Waals surface area contributed by atoms with Crippen molar-refractivity contribution in [3.8, 4) is 0 Å². The smallest absolute Gasteiger partial charge is 0.158 e. The van der Waals surface area contributed by atoms with Crippen molar-refractivity contribution in [1.29, 1.82) is 0 Å². The van der Waals surface area contributed by atoms with Gasteiger partial charge in [0.15, 0.2) is 4.51 Å². The maximum absolute atomic E-state index is 5.54. The van der Waals surface area contributed by atoms with Crippen molar-refractivity contribution in [3.05, 3.63) is 21.7 Å². The van der Waals surface area contributed by atoms with Crippen LogP contribution in [0.1, 0.15) is 6.42 Å². The van der Waals surface area contributed by atoms with Crippen molar-refractivity contribution in [2.45, 2.75) is 25.4 Å². The molecule has 0 aromatic carbocycles. The average Bonchev–Trinajstić information content (AvgIpc) is 2.53. The first-order valence-electron chi connectivity index (χ1n) is 4.68. The van der Waals surface area contributed by atoms with E-state index in [0.29, 0.717) is 9.65 Å². The molecule has 0 N–H and O–H groups in total. The summed E-state index contributed by atoms with van der Waals surface area (Å²) in [7, 11) is 1.71. The number of allylic oxidation sites excluding steroid dienone is 2. The lowest BCUT2D eigenvalue weighted by atomic mass is 9.98. The summed E-state index contributed by atoms with van der Waals surface area (Å²) in [5.41, 5.74) is 2.70. The topological polar surface area (TPSA) is 9.23 Å². The lowest BCUT2D eigenvalue weighted by molar-refractivity contribution is 0.122. The van der Waals surface area contributed by atoms with E-state index in [1.807, 2.05) is 0 Å². The second-order valence-corrected chi connectivity index (χ2v) is 8.99. The van der Waals surface area contributed by atoms with Crippen molar-refractivity contribution < 1.29 is 4.74 Å². The van der Waals surface area contributed by atoms with Crippen molar-refractivity contribution >= 4 is 79.6 Å². The van der Waals surface area contributed by atoms with E-state index < -0.39 is 4.51 Å². The molecule has 2 aliphatic carbocycles. The Morgan fingerprint density at radius 3 is 2.56 bits per heavy atom. The number of hydrogen-bond donors (Lipinski definition) is 0. The van der Waals surface area contributed by atoms with E-state index in [2.05, 4.69) is 85.7 Å². The second kappa shape index (κ2) is 5.08. The monoisotopic (exact) mass is 540 g/mol. The van der Waals surface area contributed by atoms with Gasteiger partial charge in [-0.05, 0) is 39.6 Å². The summed E-state index contributed by atoms with van der Waals surface area (Å²) in [6, 6.07) is 0. The first kappa shape index (κ1) is 14.3. The third-order valence-electron chi connectivity index (χ3n) is 2.90. The molecule has 0 saturated heterocycles. The number of ether oxygens (including phenoxy) is 1. The molecule has 6 heteroatoms. The fourth-order valence-corrected chi connectivity index (χ4v) is 6.08. The van der Waals surface area contributed by atoms with Gasteiger partial charge in [-0.2, -0.15) is 0 Å². The molecule has 0 aromatic heterocycles. The van der Waals surface area contributed by atoms with Gasteiger partial charge in [-0.3, -0.25) is 0 Å². The summed E-state index contributed by atoms with van der Waals surface area (Å²) in [4.78, 5) is 0.941. The Labute approximate surface area is 137 Å². The van der Waals surface area contributed by atoms with E-state index in [1.165, 1.54) is 11.1 Å². The van der Waals surface area contributed by atoms with Gasteiger partial charge in [-0.25, -0.2) is 0 Å². The Balaban J connectivity index is 2.45. The van der Waals surface area contributed by atoms with Crippen LogP contribution in [0.3, 0.4) is 0 Å². The second-order valence-electron chi connectivity index (χ2n) is 3.82. The van der Waals surface area contributed by atoms with Gasteiger partial charge in [0.1, 0.15) is 0 Å². The van der Waals surface area contributed by atoms with Gasteiger partial charge in [-0.15, -0.1) is 0 Å². The van der Waals surface area contributed by atoms with Gasteiger partial charge in [0.2, 0.25) is 0 Å². The van der Waals surface area contributed by atoms with Crippen LogP contribution in [0.25, 0.3) is 0 Å². The summed E-state index contributed by atoms with van der Waals surface area (Å²) in [5, 5.41) is 0. The summed E-state index contributed by atoms with van der Waals surface area (Å²) in [6.45, 7) is 0. The molecule has 0 aromatic rings. The van der Waals surface area contributed by atoms with Crippen LogP contribution in [0.2, 0.25) is 0 Å². The lowest BCUT2D eigenvalue weighted by Gasteiger charge is -2.34. The molecular formula is C10H9Br5O. The highest BCUT2D eigenvalue weighted by Gasteiger charge is 2.46. The zero-order valence-corrected chi connectivity index (χ0v) is 16.2. The maximum Gasteiger partial charge on any atom is 0.158 e. The van der Waals surface area contributed by atoms with Crippen LogP contribution >= 0.6 is 79.6 Å². The number of methoxy groups -OCH3 is 1. The SMILES string of the molecule is COC1(Br)C=C(Br)C2=C(CC(Br)C2Br)C1Br. The third-order valence-corrected chi connectivity index (χ3v) is 9.07. The average molecular weight is 545 g/mol. The standard InChI is InChI=1S/C10H9Br5O/c1-16-10(15)3-6(12)7-4(9(10)14)2-5(11)8(7)13/h3,5,8-9H,2H2,1H3. The number of alkyl halides is 4. The Kier molecular flexibility index (Phi) is 4.53. The first-order valence-corrected chi connectivity index (χ1v) is 9.02. The molecule has 4 atom stereocenters. The summed E-state index contributed by atoms with van der Waals surface area (Å²) in [5.74, 6) is 0. The van der Waals surface area contributed by atoms with Crippen LogP contribution in [-0.2, 0) is 4.74 Å². The van der Waals surface area contributed by atoms with Crippen molar-refractivity contribution in [2.24, 2.45) is 0 Å². The van der Waals surface area contributed by atoms with Gasteiger partial charge >= 0.3 is 0 Å². The number of hydrogen-bond acceptors (Lipinski definition) is 1. The predicted molar refractivity (Wildman–Crippen MR) is 85.5 cm³/mol. The fourth-order valence-electron chi connectivity index (χ4n) is 2.03. The van der Waals surface area contributed by atoms with E-state index in [1.54, 1.807) is 7.11 Å². The number of halogens is 5. The van der Waals surface area contributed by atoms with Crippen LogP contribution in [0.15, 0.2) is 21.7 Å². The lowest BCUT2D eigenvalue weighted by Crippen LogP contribution is -2.36. The van der Waals surface area contributed by atoms with Crippen LogP contribution in [-0.4, -0.2) is 26.1 Å². The van der Waals surface area contributed by atoms with Crippen LogP contribution in [0.4, 0.5) is 0 Å². The Morgan fingerprint density at radius 2 is 2.00 bits per heavy atom. The summed E-state index contributed by atoms with van der Waals surface area (Å²) < 4.78 is 6.17. The Hall–Kier alpha value is 1.84. The molecular weight excluding hydrogens is 536 g/mol. The fraction of sp³-hybridized carbons (Fsp3) is 0.600. The molecule has 90 valence electrons. The zero-order valence-electron chi connectivity index (χ0n) is 8.31. The Morgan fingerprint density at radius 1 is 1.38 bits per heavy atom. The van der Waals surface area contributed by atoms with Gasteiger partial charge in [0.05, 0.1) is 9.65 Å². The maximum atomic E-state index is 5.54. The van der Waals surface area contributed by atoms with Crippen molar-refractivity contribution in [3.63, 3.8) is 0 Å². The van der Waals surface area contributed by atoms with Crippen molar-refractivity contribution in [1.82, 2.24) is 0 Å². The van der Waals surface area contributed by atoms with E-state index in [0.717, 1.165) is 10.9 Å². The van der Waals surface area contributed by atoms with Crippen LogP contribution < -0.4 is 0 Å². The quantitative estimate of drug-likeness (QED) is 0.422. The molecule has 2 rings (SSSR count). The van der Waals surface area contributed by atoms with Crippen molar-refractivity contribution in [2.75, 3.05) is 7.11 Å². The molecule has 0 bridgehead atoms. The highest BCUT2D eigenvalue weighted by molar-refractivity contribution is 9.13. The molecule has 16 heavy (non-hydrogen) atoms. The molecule has 1 nitrogen and oxygen atoms in total. The molecule has 4 unspecified atom stereocenters. The largest absolute Gasteiger partial charge is 0.362 e. The normalized spacial score (nSPS) is 43.4. The van der Waals surface area contributed by atoms with E-state index in [9.17, 15) is 0 Å². The summed E-state index contributed by atoms with van der Waals surface area (Å²) in [6.07, 6.45) is 3.07. The highest BCUT2D eigenvalue weighted by Crippen LogP contribution is 2.52. The van der Waals surface area contributed by atoms with Gasteiger partial charge in [-0.1, -0.05) is 63.7 Å². The minimum Gasteiger partial charge on any atom is -0.362 e. The first-order chi connectivity index (χ1) is 7.40. The molecule has 2 aliphatic rings. The van der Waals surface area contributed by atoms with Gasteiger partial charge in [0.25, 0.3) is 0 Å². The molecule has 0 saturated carbocycles. The minimum atomic E-state index is -0.464. The molecule has 0 spiro atoms. The highest BCUT2D eigenvalue weighted by atomic mass is 79.9. The van der Waals surface area contributed by atoms with E-state index in [4.69, 9.17) is 4.74 Å². The zero-order chi connectivity index (χ0) is 12.1. The molecule has 0 radical (unpaired) electrons. The van der Waals surface area contributed by atoms with E-state index >= 15 is 0 Å². The summed E-state index contributed by atoms with van der Waals surface area (Å²) >= 11 is 18.4. The van der Waals surface area contributed by atoms with Crippen LogP contribution in [0.5, 0.6) is 0 Å². The molecule has 0 amide bonds. The molecule has 0 heterocycles. The van der Waals surface area contributed by atoms with Gasteiger partial charge in [0, 0.05) is 16.4 Å². The minimum absolute atomic E-state index is 0.156. The van der Waals surface area contributed by atoms with Gasteiger partial charge < -0.3 is 4.74 Å². The molecule has 0 fully saturated rings. The van der Waals surface area contributed by atoms with E-state index in [-0.39, 0.29) is 4.83 Å². The number of rotatable bonds is 1. The predicted octanol–water partition coefficient (Wildman–Crippen LogP) is 5.01. The molecule has 0 aliphatic heterocycles.